The van der Waals surface area contributed by atoms with Gasteiger partial charge in [0, 0.05) is 38.7 Å². The van der Waals surface area contributed by atoms with E-state index >= 15 is 0 Å². The largest absolute Gasteiger partial charge is 0.445 e. The van der Waals surface area contributed by atoms with Gasteiger partial charge in [0.05, 0.1) is 0 Å². The average Bonchev–Trinajstić information content (AvgIpc) is 2.92. The van der Waals surface area contributed by atoms with Gasteiger partial charge in [-0.25, -0.2) is 9.59 Å². The molecular weight excluding hydrogens is 532 g/mol. The van der Waals surface area contributed by atoms with Gasteiger partial charge in [-0.2, -0.15) is 0 Å². The number of primary amides is 1. The molecule has 0 aromatic heterocycles. The Morgan fingerprint density at radius 3 is 2.29 bits per heavy atom. The number of benzene rings is 1. The van der Waals surface area contributed by atoms with Crippen LogP contribution in [-0.4, -0.2) is 73.3 Å². The molecule has 1 aromatic rings. The molecule has 0 unspecified atom stereocenters. The number of carbonyl (C=O) groups excluding carboxylic acids is 6. The molecule has 0 aliphatic heterocycles. The number of aldehydes is 1. The third kappa shape index (κ3) is 14.2. The summed E-state index contributed by atoms with van der Waals surface area (Å²) < 4.78 is 5.27. The van der Waals surface area contributed by atoms with Crippen molar-refractivity contribution in [3.8, 4) is 0 Å². The molecule has 228 valence electrons. The van der Waals surface area contributed by atoms with Crippen LogP contribution in [-0.2, 0) is 30.5 Å². The fraction of sp³-hybridized carbons (Fsp3) is 0.571. The molecule has 0 saturated heterocycles. The standard InChI is InChI=1S/C28H44N6O7/c1-5-9-23(36)33-24(19(2)3)26(38)32-22(10-8-15-30-27(29)39)25(37)31-21-13-11-20(12-14-21)18-41-28(40)34(4)16-6-7-17-35/h11-14,17,19,22,24H,5-10,15-16,18H2,1-4H3,(H,31,37)(H,32,38)(H,33,36)(H3,29,30,39)/t22-,24-/m0/s1. The van der Waals surface area contributed by atoms with Crippen LogP contribution >= 0.6 is 0 Å². The van der Waals surface area contributed by atoms with Gasteiger partial charge in [-0.05, 0) is 49.3 Å². The molecular formula is C28H44N6O7. The summed E-state index contributed by atoms with van der Waals surface area (Å²) in [6.07, 6.45) is 2.70. The number of urea groups is 1. The Labute approximate surface area is 241 Å². The molecule has 0 bridgehead atoms. The number of rotatable bonds is 18. The van der Waals surface area contributed by atoms with Gasteiger partial charge < -0.3 is 41.4 Å². The van der Waals surface area contributed by atoms with E-state index in [1.165, 1.54) is 4.90 Å². The number of anilines is 1. The summed E-state index contributed by atoms with van der Waals surface area (Å²) >= 11 is 0. The van der Waals surface area contributed by atoms with Crippen molar-refractivity contribution in [1.82, 2.24) is 20.9 Å². The first-order valence-corrected chi connectivity index (χ1v) is 13.8. The van der Waals surface area contributed by atoms with Crippen LogP contribution in [0.5, 0.6) is 0 Å². The summed E-state index contributed by atoms with van der Waals surface area (Å²) in [6.45, 7) is 6.11. The smallest absolute Gasteiger partial charge is 0.409 e. The third-order valence-corrected chi connectivity index (χ3v) is 6.06. The van der Waals surface area contributed by atoms with E-state index in [9.17, 15) is 28.8 Å². The number of amides is 6. The summed E-state index contributed by atoms with van der Waals surface area (Å²) in [7, 11) is 1.59. The second-order valence-electron chi connectivity index (χ2n) is 10.0. The van der Waals surface area contributed by atoms with Crippen molar-refractivity contribution in [1.29, 1.82) is 0 Å². The second-order valence-corrected chi connectivity index (χ2v) is 10.0. The molecule has 41 heavy (non-hydrogen) atoms. The Morgan fingerprint density at radius 2 is 1.71 bits per heavy atom. The maximum Gasteiger partial charge on any atom is 0.409 e. The van der Waals surface area contributed by atoms with Gasteiger partial charge in [0.15, 0.2) is 0 Å². The Morgan fingerprint density at radius 1 is 1.02 bits per heavy atom. The van der Waals surface area contributed by atoms with E-state index in [1.807, 2.05) is 6.92 Å². The van der Waals surface area contributed by atoms with Crippen LogP contribution in [0.3, 0.4) is 0 Å². The molecule has 0 saturated carbocycles. The maximum atomic E-state index is 13.2. The van der Waals surface area contributed by atoms with Crippen LogP contribution in [0.15, 0.2) is 24.3 Å². The van der Waals surface area contributed by atoms with Gasteiger partial charge in [0.1, 0.15) is 25.0 Å². The molecule has 0 aliphatic carbocycles. The molecule has 13 nitrogen and oxygen atoms in total. The first-order valence-electron chi connectivity index (χ1n) is 13.8. The number of nitrogens with two attached hydrogens (primary N) is 1. The SMILES string of the molecule is CCCC(=O)N[C@H](C(=O)N[C@@H](CCCNC(N)=O)C(=O)Nc1ccc(COC(=O)N(C)CCCC=O)cc1)C(C)C. The zero-order chi connectivity index (χ0) is 30.8. The number of unbranched alkanes of at least 4 members (excludes halogenated alkanes) is 1. The molecule has 2 atom stereocenters. The van der Waals surface area contributed by atoms with E-state index in [0.717, 1.165) is 6.29 Å². The van der Waals surface area contributed by atoms with Crippen molar-refractivity contribution in [2.24, 2.45) is 11.7 Å². The highest BCUT2D eigenvalue weighted by molar-refractivity contribution is 5.98. The quantitative estimate of drug-likeness (QED) is 0.130. The monoisotopic (exact) mass is 576 g/mol. The lowest BCUT2D eigenvalue weighted by Gasteiger charge is -2.25. The van der Waals surface area contributed by atoms with E-state index in [4.69, 9.17) is 10.5 Å². The van der Waals surface area contributed by atoms with Crippen LogP contribution in [0.1, 0.15) is 64.9 Å². The molecule has 6 N–H and O–H groups in total. The average molecular weight is 577 g/mol. The van der Waals surface area contributed by atoms with E-state index in [1.54, 1.807) is 45.2 Å². The number of nitrogens with zero attached hydrogens (tertiary/aromatic N) is 1. The van der Waals surface area contributed by atoms with Crippen LogP contribution < -0.4 is 27.0 Å². The lowest BCUT2D eigenvalue weighted by molar-refractivity contribution is -0.132. The van der Waals surface area contributed by atoms with Gasteiger partial charge in [-0.15, -0.1) is 0 Å². The van der Waals surface area contributed by atoms with Crippen molar-refractivity contribution in [2.45, 2.75) is 78.0 Å². The van der Waals surface area contributed by atoms with E-state index in [0.29, 0.717) is 43.5 Å². The van der Waals surface area contributed by atoms with Crippen molar-refractivity contribution in [3.05, 3.63) is 29.8 Å². The zero-order valence-corrected chi connectivity index (χ0v) is 24.4. The Hall–Kier alpha value is -4.16. The highest BCUT2D eigenvalue weighted by atomic mass is 16.6. The topological polar surface area (TPSA) is 189 Å². The van der Waals surface area contributed by atoms with Gasteiger partial charge in [-0.1, -0.05) is 32.9 Å². The summed E-state index contributed by atoms with van der Waals surface area (Å²) in [5.74, 6) is -1.42. The molecule has 1 rings (SSSR count). The normalized spacial score (nSPS) is 12.0. The maximum absolute atomic E-state index is 13.2. The fourth-order valence-corrected chi connectivity index (χ4v) is 3.73. The summed E-state index contributed by atoms with van der Waals surface area (Å²) in [4.78, 5) is 73.3. The molecule has 1 aromatic carbocycles. The number of ether oxygens (including phenoxy) is 1. The second kappa shape index (κ2) is 19.0. The minimum Gasteiger partial charge on any atom is -0.445 e. The molecule has 0 spiro atoms. The minimum atomic E-state index is -0.947. The molecule has 6 amide bonds. The van der Waals surface area contributed by atoms with Gasteiger partial charge >= 0.3 is 12.1 Å². The van der Waals surface area contributed by atoms with Crippen LogP contribution in [0.2, 0.25) is 0 Å². The zero-order valence-electron chi connectivity index (χ0n) is 24.4. The van der Waals surface area contributed by atoms with Crippen LogP contribution in [0.4, 0.5) is 15.3 Å². The molecule has 0 heterocycles. The number of hydrogen-bond acceptors (Lipinski definition) is 7. The fourth-order valence-electron chi connectivity index (χ4n) is 3.73. The van der Waals surface area contributed by atoms with Crippen molar-refractivity contribution in [2.75, 3.05) is 25.5 Å². The Balaban J connectivity index is 2.83. The highest BCUT2D eigenvalue weighted by Gasteiger charge is 2.28. The third-order valence-electron chi connectivity index (χ3n) is 6.06. The molecule has 0 fully saturated rings. The Kier molecular flexibility index (Phi) is 16.2. The minimum absolute atomic E-state index is 0.0248. The highest BCUT2D eigenvalue weighted by Crippen LogP contribution is 2.13. The van der Waals surface area contributed by atoms with Gasteiger partial charge in [0.2, 0.25) is 17.7 Å². The number of hydrogen-bond donors (Lipinski definition) is 5. The number of nitrogens with one attached hydrogen (secondary N) is 4. The van der Waals surface area contributed by atoms with Crippen LogP contribution in [0.25, 0.3) is 0 Å². The van der Waals surface area contributed by atoms with Crippen molar-refractivity contribution < 1.29 is 33.5 Å². The van der Waals surface area contributed by atoms with E-state index in [-0.39, 0.29) is 37.8 Å². The first kappa shape index (κ1) is 34.9. The lowest BCUT2D eigenvalue weighted by Crippen LogP contribution is -2.54. The summed E-state index contributed by atoms with van der Waals surface area (Å²) in [5, 5.41) is 10.7. The number of carbonyl (C=O) groups is 6. The molecule has 13 heteroatoms. The van der Waals surface area contributed by atoms with Crippen molar-refractivity contribution >= 4 is 41.8 Å². The first-order chi connectivity index (χ1) is 19.5. The van der Waals surface area contributed by atoms with Gasteiger partial charge in [0.25, 0.3) is 0 Å². The van der Waals surface area contributed by atoms with Gasteiger partial charge in [-0.3, -0.25) is 14.4 Å². The Bertz CT molecular complexity index is 1020. The summed E-state index contributed by atoms with van der Waals surface area (Å²) in [6, 6.07) is 4.21. The predicted molar refractivity (Wildman–Crippen MR) is 154 cm³/mol. The van der Waals surface area contributed by atoms with E-state index < -0.39 is 36.0 Å². The lowest BCUT2D eigenvalue weighted by atomic mass is 10.0. The molecule has 0 aliphatic rings. The van der Waals surface area contributed by atoms with Crippen LogP contribution in [0, 0.1) is 5.92 Å². The van der Waals surface area contributed by atoms with E-state index in [2.05, 4.69) is 21.3 Å². The van der Waals surface area contributed by atoms with Crippen molar-refractivity contribution in [3.63, 3.8) is 0 Å². The molecule has 0 radical (unpaired) electrons. The summed E-state index contributed by atoms with van der Waals surface area (Å²) in [5.41, 5.74) is 6.26. The predicted octanol–water partition coefficient (Wildman–Crippen LogP) is 2.05.